The zero-order valence-corrected chi connectivity index (χ0v) is 17.7. The number of carboxylic acids is 1. The number of alkyl carbamates (subject to hydrolysis) is 1. The van der Waals surface area contributed by atoms with Gasteiger partial charge in [0.1, 0.15) is 12.6 Å². The quantitative estimate of drug-likeness (QED) is 0.533. The van der Waals surface area contributed by atoms with Gasteiger partial charge in [0.05, 0.1) is 6.54 Å². The van der Waals surface area contributed by atoms with Gasteiger partial charge in [0, 0.05) is 5.92 Å². The van der Waals surface area contributed by atoms with E-state index in [2.05, 4.69) is 0 Å². The number of rotatable bonds is 9. The van der Waals surface area contributed by atoms with E-state index >= 15 is 0 Å². The zero-order chi connectivity index (χ0) is 23.6. The average Bonchev–Trinajstić information content (AvgIpc) is 3.56. The molecule has 1 saturated carbocycles. The molecule has 2 aliphatic rings. The number of carboxylic acid groups (broad SMARTS) is 1. The number of ether oxygens (including phenoxy) is 1. The monoisotopic (exact) mass is 458 g/mol. The third-order valence-corrected chi connectivity index (χ3v) is 6.00. The molecule has 0 saturated heterocycles. The van der Waals surface area contributed by atoms with Gasteiger partial charge < -0.3 is 20.5 Å². The van der Waals surface area contributed by atoms with Gasteiger partial charge in [-0.25, -0.2) is 9.59 Å². The van der Waals surface area contributed by atoms with Crippen LogP contribution in [0.15, 0.2) is 48.5 Å². The van der Waals surface area contributed by atoms with Crippen molar-refractivity contribution in [3.05, 3.63) is 59.7 Å². The average molecular weight is 458 g/mol. The minimum atomic E-state index is -3.98. The van der Waals surface area contributed by atoms with Crippen LogP contribution in [-0.4, -0.2) is 48.2 Å². The summed E-state index contributed by atoms with van der Waals surface area (Å²) in [4.78, 5) is 35.2. The largest absolute Gasteiger partial charge is 0.480 e. The summed E-state index contributed by atoms with van der Waals surface area (Å²) in [5.74, 6) is -7.20. The molecule has 33 heavy (non-hydrogen) atoms. The van der Waals surface area contributed by atoms with E-state index in [-0.39, 0.29) is 24.9 Å². The number of carbonyl (C=O) groups excluding carboxylic acids is 2. The first-order valence-corrected chi connectivity index (χ1v) is 10.8. The van der Waals surface area contributed by atoms with Gasteiger partial charge in [-0.05, 0) is 34.6 Å². The van der Waals surface area contributed by atoms with E-state index in [1.807, 2.05) is 59.2 Å². The maximum absolute atomic E-state index is 14.2. The van der Waals surface area contributed by atoms with Gasteiger partial charge >= 0.3 is 18.0 Å². The molecule has 1 atom stereocenters. The van der Waals surface area contributed by atoms with Crippen LogP contribution in [0.3, 0.4) is 0 Å². The predicted molar refractivity (Wildman–Crippen MR) is 115 cm³/mol. The minimum absolute atomic E-state index is 0.0555. The first-order chi connectivity index (χ1) is 15.8. The molecule has 2 aromatic carbocycles. The van der Waals surface area contributed by atoms with Crippen LogP contribution >= 0.6 is 0 Å². The van der Waals surface area contributed by atoms with Crippen molar-refractivity contribution in [1.29, 1.82) is 0 Å². The van der Waals surface area contributed by atoms with Crippen LogP contribution in [0.5, 0.6) is 0 Å². The molecule has 4 rings (SSSR count). The van der Waals surface area contributed by atoms with Gasteiger partial charge in [-0.3, -0.25) is 4.79 Å². The second kappa shape index (κ2) is 9.17. The molecule has 3 N–H and O–H groups in total. The summed E-state index contributed by atoms with van der Waals surface area (Å²) in [6, 6.07) is 14.0. The highest BCUT2D eigenvalue weighted by Crippen LogP contribution is 2.44. The molecule has 2 aromatic rings. The van der Waals surface area contributed by atoms with Gasteiger partial charge in [0.2, 0.25) is 0 Å². The van der Waals surface area contributed by atoms with Gasteiger partial charge in [0.15, 0.2) is 0 Å². The van der Waals surface area contributed by atoms with Crippen LogP contribution < -0.4 is 10.6 Å². The summed E-state index contributed by atoms with van der Waals surface area (Å²) in [7, 11) is 0. The normalized spacial score (nSPS) is 15.8. The molecule has 9 heteroatoms. The number of halogens is 2. The van der Waals surface area contributed by atoms with Crippen LogP contribution in [0.25, 0.3) is 11.1 Å². The fraction of sp³-hybridized carbons (Fsp3) is 0.375. The van der Waals surface area contributed by atoms with E-state index in [9.17, 15) is 23.2 Å². The number of nitrogens with one attached hydrogen (secondary N) is 2. The van der Waals surface area contributed by atoms with Crippen molar-refractivity contribution in [1.82, 2.24) is 10.6 Å². The lowest BCUT2D eigenvalue weighted by Crippen LogP contribution is -2.52. The summed E-state index contributed by atoms with van der Waals surface area (Å²) in [6.45, 7) is -1.36. The Hall–Kier alpha value is -3.49. The fourth-order valence-corrected chi connectivity index (χ4v) is 4.09. The number of amides is 2. The molecule has 2 aliphatic carbocycles. The number of carbonyl (C=O) groups is 3. The van der Waals surface area contributed by atoms with Crippen LogP contribution in [0.4, 0.5) is 13.6 Å². The fourth-order valence-electron chi connectivity index (χ4n) is 4.09. The van der Waals surface area contributed by atoms with E-state index in [0.29, 0.717) is 0 Å². The second-order valence-corrected chi connectivity index (χ2v) is 8.43. The van der Waals surface area contributed by atoms with E-state index in [0.717, 1.165) is 35.1 Å². The second-order valence-electron chi connectivity index (χ2n) is 8.43. The Morgan fingerprint density at radius 3 is 2.15 bits per heavy atom. The Morgan fingerprint density at radius 1 is 1.03 bits per heavy atom. The Labute approximate surface area is 189 Å². The third-order valence-electron chi connectivity index (χ3n) is 6.00. The standard InChI is InChI=1S/C24H24F2N2O5/c25-24(26,22(31)28-20(21(29)30)11-14-9-10-14)13-27-23(32)33-12-19-17-7-3-1-5-15(17)16-6-2-4-8-18(16)19/h1-8,14,19-20H,9-13H2,(H,27,32)(H,28,31)(H,29,30)/t20-/m0/s1. The molecular formula is C24H24F2N2O5. The Kier molecular flexibility index (Phi) is 6.31. The van der Waals surface area contributed by atoms with E-state index in [4.69, 9.17) is 9.84 Å². The van der Waals surface area contributed by atoms with Gasteiger partial charge in [-0.2, -0.15) is 8.78 Å². The summed E-state index contributed by atoms with van der Waals surface area (Å²) in [6.07, 6.45) is 0.660. The first kappa shape index (κ1) is 22.7. The summed E-state index contributed by atoms with van der Waals surface area (Å²) >= 11 is 0. The van der Waals surface area contributed by atoms with Crippen molar-refractivity contribution < 1.29 is 33.0 Å². The molecule has 174 valence electrons. The number of benzene rings is 2. The van der Waals surface area contributed by atoms with Crippen LogP contribution in [-0.2, 0) is 14.3 Å². The maximum atomic E-state index is 14.2. The van der Waals surface area contributed by atoms with Crippen molar-refractivity contribution in [2.24, 2.45) is 5.92 Å². The molecule has 1 fully saturated rings. The van der Waals surface area contributed by atoms with Crippen molar-refractivity contribution in [2.45, 2.75) is 37.1 Å². The number of hydrogen-bond donors (Lipinski definition) is 3. The first-order valence-electron chi connectivity index (χ1n) is 10.8. The number of fused-ring (bicyclic) bond motifs is 3. The Balaban J connectivity index is 1.31. The molecule has 0 unspecified atom stereocenters. The van der Waals surface area contributed by atoms with Crippen molar-refractivity contribution in [3.8, 4) is 11.1 Å². The van der Waals surface area contributed by atoms with Gasteiger partial charge in [0.25, 0.3) is 5.91 Å². The molecular weight excluding hydrogens is 434 g/mol. The number of alkyl halides is 2. The summed E-state index contributed by atoms with van der Waals surface area (Å²) < 4.78 is 33.6. The lowest BCUT2D eigenvalue weighted by atomic mass is 9.98. The number of aliphatic carboxylic acids is 1. The van der Waals surface area contributed by atoms with Gasteiger partial charge in [-0.15, -0.1) is 0 Å². The smallest absolute Gasteiger partial charge is 0.407 e. The maximum Gasteiger partial charge on any atom is 0.407 e. The van der Waals surface area contributed by atoms with Gasteiger partial charge in [-0.1, -0.05) is 61.4 Å². The summed E-state index contributed by atoms with van der Waals surface area (Å²) in [5, 5.41) is 12.9. The molecule has 2 amide bonds. The predicted octanol–water partition coefficient (Wildman–Crippen LogP) is 3.53. The highest BCUT2D eigenvalue weighted by molar-refractivity contribution is 5.88. The Morgan fingerprint density at radius 2 is 1.61 bits per heavy atom. The molecule has 0 spiro atoms. The third kappa shape index (κ3) is 5.13. The van der Waals surface area contributed by atoms with Crippen LogP contribution in [0.1, 0.15) is 36.3 Å². The lowest BCUT2D eigenvalue weighted by molar-refractivity contribution is -0.150. The van der Waals surface area contributed by atoms with E-state index in [1.54, 1.807) is 0 Å². The lowest BCUT2D eigenvalue weighted by Gasteiger charge is -2.20. The topological polar surface area (TPSA) is 105 Å². The van der Waals surface area contributed by atoms with Crippen LogP contribution in [0.2, 0.25) is 0 Å². The van der Waals surface area contributed by atoms with Crippen molar-refractivity contribution in [3.63, 3.8) is 0 Å². The highest BCUT2D eigenvalue weighted by Gasteiger charge is 2.42. The molecule has 7 nitrogen and oxygen atoms in total. The minimum Gasteiger partial charge on any atom is -0.480 e. The number of hydrogen-bond acceptors (Lipinski definition) is 4. The Bertz CT molecular complexity index is 1020. The molecule has 0 heterocycles. The zero-order valence-electron chi connectivity index (χ0n) is 17.7. The molecule has 0 bridgehead atoms. The van der Waals surface area contributed by atoms with Crippen molar-refractivity contribution in [2.75, 3.05) is 13.2 Å². The molecule has 0 aliphatic heterocycles. The van der Waals surface area contributed by atoms with Crippen molar-refractivity contribution >= 4 is 18.0 Å². The van der Waals surface area contributed by atoms with E-state index < -0.39 is 36.5 Å². The highest BCUT2D eigenvalue weighted by atomic mass is 19.3. The summed E-state index contributed by atoms with van der Waals surface area (Å²) in [5.41, 5.74) is 4.02. The molecule has 0 aromatic heterocycles. The van der Waals surface area contributed by atoms with Crippen LogP contribution in [0, 0.1) is 5.92 Å². The van der Waals surface area contributed by atoms with E-state index in [1.165, 1.54) is 0 Å². The molecule has 0 radical (unpaired) electrons. The SMILES string of the molecule is O=C(NCC(F)(F)C(=O)N[C@@H](CC1CC1)C(=O)O)OCC1c2ccccc2-c2ccccc21.